The summed E-state index contributed by atoms with van der Waals surface area (Å²) >= 11 is 1.84. The van der Waals surface area contributed by atoms with Gasteiger partial charge in [0.15, 0.2) is 0 Å². The first-order chi connectivity index (χ1) is 10.8. The van der Waals surface area contributed by atoms with E-state index in [0.717, 1.165) is 38.8 Å². The summed E-state index contributed by atoms with van der Waals surface area (Å²) in [5.41, 5.74) is 2.60. The third kappa shape index (κ3) is 3.12. The lowest BCUT2D eigenvalue weighted by Crippen LogP contribution is -2.35. The first kappa shape index (κ1) is 14.4. The van der Waals surface area contributed by atoms with E-state index in [0.29, 0.717) is 5.92 Å². The minimum Gasteiger partial charge on any atom is -0.380 e. The Balaban J connectivity index is 1.46. The summed E-state index contributed by atoms with van der Waals surface area (Å²) in [5, 5.41) is 2.15. The first-order valence-electron chi connectivity index (χ1n) is 8.12. The van der Waals surface area contributed by atoms with Gasteiger partial charge in [0.2, 0.25) is 0 Å². The number of rotatable bonds is 6. The zero-order valence-electron chi connectivity index (χ0n) is 13.1. The first-order valence-corrected chi connectivity index (χ1v) is 9.00. The minimum atomic E-state index is 0.440. The van der Waals surface area contributed by atoms with E-state index in [4.69, 9.17) is 4.74 Å². The molecular formula is C17H23N3OS. The van der Waals surface area contributed by atoms with Crippen LogP contribution in [0.3, 0.4) is 0 Å². The molecular weight excluding hydrogens is 294 g/mol. The van der Waals surface area contributed by atoms with E-state index >= 15 is 0 Å². The monoisotopic (exact) mass is 317 g/mol. The molecule has 0 radical (unpaired) electrons. The summed E-state index contributed by atoms with van der Waals surface area (Å²) in [6.45, 7) is 4.80. The molecule has 1 atom stereocenters. The summed E-state index contributed by atoms with van der Waals surface area (Å²) in [6, 6.07) is 4.35. The molecule has 0 saturated heterocycles. The molecule has 2 aromatic rings. The van der Waals surface area contributed by atoms with Crippen molar-refractivity contribution in [1.29, 1.82) is 0 Å². The number of fused-ring (bicyclic) bond motifs is 1. The van der Waals surface area contributed by atoms with Crippen LogP contribution in [0, 0.1) is 5.92 Å². The van der Waals surface area contributed by atoms with Crippen LogP contribution in [0.5, 0.6) is 0 Å². The molecule has 2 aromatic heterocycles. The van der Waals surface area contributed by atoms with Crippen LogP contribution in [0.25, 0.3) is 0 Å². The van der Waals surface area contributed by atoms with Gasteiger partial charge in [0.25, 0.3) is 0 Å². The second-order valence-corrected chi connectivity index (χ2v) is 7.65. The number of ether oxygens (including phenoxy) is 1. The van der Waals surface area contributed by atoms with Crippen LogP contribution in [0.2, 0.25) is 0 Å². The third-order valence-corrected chi connectivity index (χ3v) is 5.49. The van der Waals surface area contributed by atoms with Crippen molar-refractivity contribution < 1.29 is 4.74 Å². The van der Waals surface area contributed by atoms with E-state index in [1.165, 1.54) is 29.1 Å². The lowest BCUT2D eigenvalue weighted by Gasteiger charge is -2.32. The molecule has 1 fully saturated rings. The molecule has 4 nitrogen and oxygen atoms in total. The molecule has 0 spiro atoms. The maximum Gasteiger partial charge on any atom is 0.0949 e. The molecule has 22 heavy (non-hydrogen) atoms. The average Bonchev–Trinajstić information content (AvgIpc) is 3.04. The second-order valence-electron chi connectivity index (χ2n) is 6.61. The third-order valence-electron chi connectivity index (χ3n) is 4.63. The van der Waals surface area contributed by atoms with Crippen LogP contribution in [0.4, 0.5) is 0 Å². The van der Waals surface area contributed by atoms with Gasteiger partial charge in [-0.1, -0.05) is 6.07 Å². The van der Waals surface area contributed by atoms with Crippen molar-refractivity contribution in [3.63, 3.8) is 0 Å². The quantitative estimate of drug-likeness (QED) is 0.820. The largest absolute Gasteiger partial charge is 0.380 e. The molecule has 1 aliphatic heterocycles. The van der Waals surface area contributed by atoms with Gasteiger partial charge in [-0.15, -0.1) is 11.3 Å². The van der Waals surface area contributed by atoms with Gasteiger partial charge in [0.1, 0.15) is 0 Å². The molecule has 2 aliphatic rings. The maximum atomic E-state index is 6.00. The molecule has 4 rings (SSSR count). The number of hydrogen-bond donors (Lipinski definition) is 0. The smallest absolute Gasteiger partial charge is 0.0949 e. The van der Waals surface area contributed by atoms with Crippen LogP contribution < -0.4 is 0 Å². The molecule has 0 amide bonds. The molecule has 1 saturated carbocycles. The van der Waals surface area contributed by atoms with E-state index in [-0.39, 0.29) is 0 Å². The Morgan fingerprint density at radius 3 is 3.05 bits per heavy atom. The van der Waals surface area contributed by atoms with Gasteiger partial charge in [-0.2, -0.15) is 0 Å². The van der Waals surface area contributed by atoms with Crippen molar-refractivity contribution in [2.45, 2.75) is 31.8 Å². The SMILES string of the molecule is Cn1cnc2c1C(COCC1CC1)CN(Cc1cccs1)C2. The van der Waals surface area contributed by atoms with Gasteiger partial charge >= 0.3 is 0 Å². The highest BCUT2D eigenvalue weighted by Crippen LogP contribution is 2.31. The zero-order valence-corrected chi connectivity index (χ0v) is 13.9. The topological polar surface area (TPSA) is 30.3 Å². The summed E-state index contributed by atoms with van der Waals surface area (Å²) in [7, 11) is 2.11. The molecule has 118 valence electrons. The van der Waals surface area contributed by atoms with Crippen LogP contribution >= 0.6 is 11.3 Å². The summed E-state index contributed by atoms with van der Waals surface area (Å²) in [4.78, 5) is 8.54. The van der Waals surface area contributed by atoms with E-state index in [1.54, 1.807) is 0 Å². The van der Waals surface area contributed by atoms with Crippen LogP contribution in [0.15, 0.2) is 23.8 Å². The highest BCUT2D eigenvalue weighted by Gasteiger charge is 2.30. The van der Waals surface area contributed by atoms with Gasteiger partial charge < -0.3 is 9.30 Å². The molecule has 0 N–H and O–H groups in total. The van der Waals surface area contributed by atoms with Gasteiger partial charge in [-0.3, -0.25) is 4.90 Å². The molecule has 0 bridgehead atoms. The van der Waals surface area contributed by atoms with Crippen molar-refractivity contribution in [3.05, 3.63) is 40.1 Å². The normalized spacial score (nSPS) is 22.0. The zero-order chi connectivity index (χ0) is 14.9. The number of imidazole rings is 1. The van der Waals surface area contributed by atoms with Crippen molar-refractivity contribution in [3.8, 4) is 0 Å². The standard InChI is InChI=1S/C17H23N3OS/c1-19-12-18-16-9-20(8-15-3-2-6-22-15)7-14(17(16)19)11-21-10-13-4-5-13/h2-3,6,12-14H,4-5,7-11H2,1H3. The fourth-order valence-corrected chi connectivity index (χ4v) is 4.09. The number of hydrogen-bond acceptors (Lipinski definition) is 4. The molecule has 3 heterocycles. The van der Waals surface area contributed by atoms with Gasteiger partial charge in [-0.25, -0.2) is 4.98 Å². The fraction of sp³-hybridized carbons (Fsp3) is 0.588. The van der Waals surface area contributed by atoms with Crippen LogP contribution in [-0.4, -0.2) is 34.2 Å². The van der Waals surface area contributed by atoms with Crippen LogP contribution in [0.1, 0.15) is 35.0 Å². The fourth-order valence-electron chi connectivity index (χ4n) is 3.34. The van der Waals surface area contributed by atoms with Crippen molar-refractivity contribution in [1.82, 2.24) is 14.5 Å². The Hall–Kier alpha value is -1.17. The molecule has 5 heteroatoms. The van der Waals surface area contributed by atoms with Gasteiger partial charge in [0.05, 0.1) is 18.6 Å². The van der Waals surface area contributed by atoms with E-state index in [1.807, 2.05) is 17.7 Å². The number of nitrogens with zero attached hydrogens (tertiary/aromatic N) is 3. The van der Waals surface area contributed by atoms with Crippen molar-refractivity contribution in [2.75, 3.05) is 19.8 Å². The molecule has 1 aliphatic carbocycles. The van der Waals surface area contributed by atoms with E-state index in [9.17, 15) is 0 Å². The number of aryl methyl sites for hydroxylation is 1. The van der Waals surface area contributed by atoms with Crippen LogP contribution in [-0.2, 0) is 24.9 Å². The summed E-state index contributed by atoms with van der Waals surface area (Å²) in [5.74, 6) is 1.27. The van der Waals surface area contributed by atoms with Crippen molar-refractivity contribution >= 4 is 11.3 Å². The van der Waals surface area contributed by atoms with Gasteiger partial charge in [-0.05, 0) is 30.2 Å². The average molecular weight is 317 g/mol. The van der Waals surface area contributed by atoms with E-state index in [2.05, 4.69) is 39.0 Å². The Bertz CT molecular complexity index is 618. The predicted molar refractivity (Wildman–Crippen MR) is 87.9 cm³/mol. The highest BCUT2D eigenvalue weighted by atomic mass is 32.1. The van der Waals surface area contributed by atoms with Gasteiger partial charge in [0, 0.05) is 49.8 Å². The molecule has 1 unspecified atom stereocenters. The molecule has 0 aromatic carbocycles. The Labute approximate surface area is 135 Å². The summed E-state index contributed by atoms with van der Waals surface area (Å²) in [6.07, 6.45) is 4.66. The van der Waals surface area contributed by atoms with Crippen molar-refractivity contribution in [2.24, 2.45) is 13.0 Å². The predicted octanol–water partition coefficient (Wildman–Crippen LogP) is 3.01. The second kappa shape index (κ2) is 6.14. The lowest BCUT2D eigenvalue weighted by atomic mass is 9.99. The highest BCUT2D eigenvalue weighted by molar-refractivity contribution is 7.09. The number of aromatic nitrogens is 2. The maximum absolute atomic E-state index is 6.00. The summed E-state index contributed by atoms with van der Waals surface area (Å²) < 4.78 is 8.18. The van der Waals surface area contributed by atoms with E-state index < -0.39 is 0 Å². The Morgan fingerprint density at radius 1 is 1.36 bits per heavy atom. The minimum absolute atomic E-state index is 0.440. The Kier molecular flexibility index (Phi) is 4.03. The lowest BCUT2D eigenvalue weighted by molar-refractivity contribution is 0.0870. The Morgan fingerprint density at radius 2 is 2.27 bits per heavy atom. The number of thiophene rings is 1.